The van der Waals surface area contributed by atoms with Gasteiger partial charge in [0, 0.05) is 30.3 Å². The van der Waals surface area contributed by atoms with Gasteiger partial charge in [0.2, 0.25) is 5.91 Å². The number of benzene rings is 2. The molecule has 1 N–H and O–H groups in total. The molecule has 1 saturated heterocycles. The topological polar surface area (TPSA) is 67.9 Å². The number of carbonyl (C=O) groups is 2. The first kappa shape index (κ1) is 16.4. The Hall–Kier alpha value is -3.02. The van der Waals surface area contributed by atoms with Crippen LogP contribution in [0.2, 0.25) is 0 Å². The molecular formula is C20H20N2O4. The number of nitrogens with zero attached hydrogens (tertiary/aromatic N) is 1. The minimum Gasteiger partial charge on any atom is -0.486 e. The van der Waals surface area contributed by atoms with Gasteiger partial charge in [0.15, 0.2) is 11.5 Å². The Morgan fingerprint density at radius 1 is 1.08 bits per heavy atom. The molecule has 6 nitrogen and oxygen atoms in total. The number of rotatable bonds is 3. The average Bonchev–Trinajstić information content (AvgIpc) is 3.02. The third-order valence-electron chi connectivity index (χ3n) is 4.61. The third kappa shape index (κ3) is 3.22. The van der Waals surface area contributed by atoms with Gasteiger partial charge in [-0.2, -0.15) is 0 Å². The highest BCUT2D eigenvalue weighted by Gasteiger charge is 2.32. The fraction of sp³-hybridized carbons (Fsp3) is 0.300. The van der Waals surface area contributed by atoms with E-state index in [1.54, 1.807) is 17.0 Å². The van der Waals surface area contributed by atoms with Gasteiger partial charge in [0.1, 0.15) is 13.2 Å². The number of fused-ring (bicyclic) bond motifs is 1. The number of amides is 2. The molecule has 0 bridgehead atoms. The minimum absolute atomic E-state index is 0.0177. The number of hydrogen-bond donors (Lipinski definition) is 1. The van der Waals surface area contributed by atoms with Crippen molar-refractivity contribution in [3.8, 4) is 11.5 Å². The van der Waals surface area contributed by atoms with E-state index in [4.69, 9.17) is 9.47 Å². The Bertz CT molecular complexity index is 847. The van der Waals surface area contributed by atoms with E-state index in [9.17, 15) is 9.59 Å². The van der Waals surface area contributed by atoms with Crippen molar-refractivity contribution in [3.05, 3.63) is 53.6 Å². The summed E-state index contributed by atoms with van der Waals surface area (Å²) >= 11 is 0. The van der Waals surface area contributed by atoms with Crippen LogP contribution in [0.4, 0.5) is 5.69 Å². The second kappa shape index (κ2) is 6.71. The first-order chi connectivity index (χ1) is 12.6. The lowest BCUT2D eigenvalue weighted by atomic mass is 10.1. The maximum atomic E-state index is 12.4. The highest BCUT2D eigenvalue weighted by atomic mass is 16.6. The highest BCUT2D eigenvalue weighted by Crippen LogP contribution is 2.35. The second-order valence-corrected chi connectivity index (χ2v) is 6.57. The number of ether oxygens (including phenoxy) is 2. The van der Waals surface area contributed by atoms with E-state index in [0.29, 0.717) is 36.8 Å². The van der Waals surface area contributed by atoms with E-state index in [-0.39, 0.29) is 24.3 Å². The Balaban J connectivity index is 1.45. The van der Waals surface area contributed by atoms with Crippen LogP contribution in [0.25, 0.3) is 0 Å². The van der Waals surface area contributed by atoms with Crippen molar-refractivity contribution < 1.29 is 19.1 Å². The summed E-state index contributed by atoms with van der Waals surface area (Å²) in [6, 6.07) is 12.6. The van der Waals surface area contributed by atoms with Crippen LogP contribution in [0.5, 0.6) is 11.5 Å². The zero-order valence-corrected chi connectivity index (χ0v) is 14.5. The predicted molar refractivity (Wildman–Crippen MR) is 96.8 cm³/mol. The maximum absolute atomic E-state index is 12.4. The number of nitrogens with one attached hydrogen (secondary N) is 1. The van der Waals surface area contributed by atoms with Crippen LogP contribution in [-0.2, 0) is 4.79 Å². The van der Waals surface area contributed by atoms with Gasteiger partial charge in [-0.25, -0.2) is 0 Å². The molecule has 0 radical (unpaired) electrons. The smallest absolute Gasteiger partial charge is 0.251 e. The lowest BCUT2D eigenvalue weighted by molar-refractivity contribution is -0.117. The number of aryl methyl sites for hydroxylation is 1. The van der Waals surface area contributed by atoms with Gasteiger partial charge in [-0.1, -0.05) is 17.7 Å². The molecule has 6 heteroatoms. The monoisotopic (exact) mass is 352 g/mol. The van der Waals surface area contributed by atoms with Crippen molar-refractivity contribution in [2.75, 3.05) is 24.7 Å². The largest absolute Gasteiger partial charge is 0.486 e. The maximum Gasteiger partial charge on any atom is 0.251 e. The molecule has 2 aliphatic heterocycles. The van der Waals surface area contributed by atoms with Gasteiger partial charge in [-0.3, -0.25) is 9.59 Å². The van der Waals surface area contributed by atoms with E-state index in [1.807, 2.05) is 37.3 Å². The van der Waals surface area contributed by atoms with Crippen LogP contribution in [0.3, 0.4) is 0 Å². The molecular weight excluding hydrogens is 332 g/mol. The molecule has 0 saturated carbocycles. The van der Waals surface area contributed by atoms with E-state index in [2.05, 4.69) is 5.32 Å². The van der Waals surface area contributed by atoms with Crippen LogP contribution < -0.4 is 19.7 Å². The van der Waals surface area contributed by atoms with Crippen LogP contribution in [0.1, 0.15) is 22.3 Å². The molecule has 1 fully saturated rings. The third-order valence-corrected chi connectivity index (χ3v) is 4.61. The van der Waals surface area contributed by atoms with Gasteiger partial charge in [0.05, 0.1) is 6.04 Å². The van der Waals surface area contributed by atoms with Crippen molar-refractivity contribution in [1.82, 2.24) is 5.32 Å². The quantitative estimate of drug-likeness (QED) is 0.920. The summed E-state index contributed by atoms with van der Waals surface area (Å²) in [5.41, 5.74) is 2.45. The first-order valence-electron chi connectivity index (χ1n) is 8.68. The highest BCUT2D eigenvalue weighted by molar-refractivity contribution is 5.99. The van der Waals surface area contributed by atoms with Crippen LogP contribution >= 0.6 is 0 Å². The SMILES string of the molecule is Cc1ccc(C(=O)N[C@@H]2CC(=O)N(c3ccc4c(c3)OCCO4)C2)cc1. The van der Waals surface area contributed by atoms with E-state index in [0.717, 1.165) is 11.3 Å². The molecule has 134 valence electrons. The molecule has 0 unspecified atom stereocenters. The van der Waals surface area contributed by atoms with Crippen molar-refractivity contribution in [2.45, 2.75) is 19.4 Å². The van der Waals surface area contributed by atoms with Crippen molar-refractivity contribution in [2.24, 2.45) is 0 Å². The second-order valence-electron chi connectivity index (χ2n) is 6.57. The fourth-order valence-electron chi connectivity index (χ4n) is 3.23. The summed E-state index contributed by atoms with van der Waals surface area (Å²) in [6.07, 6.45) is 0.284. The summed E-state index contributed by atoms with van der Waals surface area (Å²) in [7, 11) is 0. The van der Waals surface area contributed by atoms with Gasteiger partial charge in [-0.15, -0.1) is 0 Å². The molecule has 0 spiro atoms. The molecule has 1 atom stereocenters. The standard InChI is InChI=1S/C20H20N2O4/c1-13-2-4-14(5-3-13)20(24)21-15-10-19(23)22(12-15)16-6-7-17-18(11-16)26-9-8-25-17/h2-7,11,15H,8-10,12H2,1H3,(H,21,24)/t15-/m1/s1. The van der Waals surface area contributed by atoms with Crippen molar-refractivity contribution >= 4 is 17.5 Å². The Labute approximate surface area is 151 Å². The zero-order valence-electron chi connectivity index (χ0n) is 14.5. The van der Waals surface area contributed by atoms with E-state index < -0.39 is 0 Å². The van der Waals surface area contributed by atoms with E-state index in [1.165, 1.54) is 0 Å². The molecule has 26 heavy (non-hydrogen) atoms. The Morgan fingerprint density at radius 2 is 1.81 bits per heavy atom. The summed E-state index contributed by atoms with van der Waals surface area (Å²) in [6.45, 7) is 3.44. The normalized spacial score (nSPS) is 18.7. The zero-order chi connectivity index (χ0) is 18.1. The number of anilines is 1. The Kier molecular flexibility index (Phi) is 4.24. The van der Waals surface area contributed by atoms with Gasteiger partial charge >= 0.3 is 0 Å². The molecule has 2 heterocycles. The summed E-state index contributed by atoms with van der Waals surface area (Å²) in [5.74, 6) is 1.16. The lowest BCUT2D eigenvalue weighted by Crippen LogP contribution is -2.37. The van der Waals surface area contributed by atoms with Gasteiger partial charge in [-0.05, 0) is 31.2 Å². The number of carbonyl (C=O) groups excluding carboxylic acids is 2. The molecule has 2 aromatic rings. The van der Waals surface area contributed by atoms with Crippen LogP contribution in [0.15, 0.2) is 42.5 Å². The molecule has 2 amide bonds. The fourth-order valence-corrected chi connectivity index (χ4v) is 3.23. The van der Waals surface area contributed by atoms with Crippen molar-refractivity contribution in [3.63, 3.8) is 0 Å². The summed E-state index contributed by atoms with van der Waals surface area (Å²) in [4.78, 5) is 26.5. The molecule has 2 aromatic carbocycles. The van der Waals surface area contributed by atoms with Crippen LogP contribution in [-0.4, -0.2) is 37.6 Å². The average molecular weight is 352 g/mol. The van der Waals surface area contributed by atoms with Crippen molar-refractivity contribution in [1.29, 1.82) is 0 Å². The lowest BCUT2D eigenvalue weighted by Gasteiger charge is -2.22. The molecule has 0 aromatic heterocycles. The predicted octanol–water partition coefficient (Wildman–Crippen LogP) is 2.30. The van der Waals surface area contributed by atoms with Gasteiger partial charge in [0.25, 0.3) is 5.91 Å². The molecule has 0 aliphatic carbocycles. The Morgan fingerprint density at radius 3 is 2.58 bits per heavy atom. The van der Waals surface area contributed by atoms with Gasteiger partial charge < -0.3 is 19.7 Å². The summed E-state index contributed by atoms with van der Waals surface area (Å²) in [5, 5.41) is 2.95. The summed E-state index contributed by atoms with van der Waals surface area (Å²) < 4.78 is 11.1. The van der Waals surface area contributed by atoms with Crippen LogP contribution in [0, 0.1) is 6.92 Å². The molecule has 4 rings (SSSR count). The number of hydrogen-bond acceptors (Lipinski definition) is 4. The molecule has 2 aliphatic rings. The minimum atomic E-state index is -0.218. The van der Waals surface area contributed by atoms with E-state index >= 15 is 0 Å². The first-order valence-corrected chi connectivity index (χ1v) is 8.68.